The lowest BCUT2D eigenvalue weighted by atomic mass is 9.96. The smallest absolute Gasteiger partial charge is 0.330 e. The summed E-state index contributed by atoms with van der Waals surface area (Å²) in [5.41, 5.74) is -2.03. The third kappa shape index (κ3) is 6.56. The second-order valence-electron chi connectivity index (χ2n) is 10.3. The van der Waals surface area contributed by atoms with Crippen molar-refractivity contribution in [1.82, 2.24) is 34.8 Å². The molecule has 8 nitrogen and oxygen atoms in total. The number of fused-ring (bicyclic) bond motifs is 1. The minimum atomic E-state index is -5.11. The molecule has 45 heavy (non-hydrogen) atoms. The normalized spacial score (nSPS) is 12.7. The van der Waals surface area contributed by atoms with Crippen molar-refractivity contribution in [1.29, 1.82) is 0 Å². The zero-order valence-corrected chi connectivity index (χ0v) is 23.7. The molecule has 0 amide bonds. The monoisotopic (exact) mass is 642 g/mol. The predicted octanol–water partition coefficient (Wildman–Crippen LogP) is 7.05. The number of rotatable bonds is 7. The molecule has 0 aliphatic heterocycles. The first-order valence-electron chi connectivity index (χ1n) is 13.3. The van der Waals surface area contributed by atoms with E-state index in [0.717, 1.165) is 21.8 Å². The number of halogens is 9. The summed E-state index contributed by atoms with van der Waals surface area (Å²) in [6.07, 6.45) is -11.5. The predicted molar refractivity (Wildman–Crippen MR) is 143 cm³/mol. The van der Waals surface area contributed by atoms with E-state index in [1.165, 1.54) is 23.8 Å². The Morgan fingerprint density at radius 1 is 0.778 bits per heavy atom. The minimum Gasteiger partial charge on any atom is -0.330 e. The highest BCUT2D eigenvalue weighted by Crippen LogP contribution is 2.38. The van der Waals surface area contributed by atoms with Crippen molar-refractivity contribution >= 4 is 11.6 Å². The van der Waals surface area contributed by atoms with Crippen molar-refractivity contribution in [3.05, 3.63) is 87.7 Å². The summed E-state index contributed by atoms with van der Waals surface area (Å²) in [4.78, 5) is 6.55. The summed E-state index contributed by atoms with van der Waals surface area (Å²) >= 11 is 0. The zero-order chi connectivity index (χ0) is 32.9. The summed E-state index contributed by atoms with van der Waals surface area (Å²) in [6.45, 7) is 2.47. The molecule has 0 atom stereocenters. The maximum absolute atomic E-state index is 13.9. The Bertz CT molecular complexity index is 1820. The second kappa shape index (κ2) is 11.3. The Kier molecular flexibility index (Phi) is 7.99. The molecule has 2 aromatic carbocycles. The van der Waals surface area contributed by atoms with E-state index in [1.807, 2.05) is 6.92 Å². The maximum Gasteiger partial charge on any atom is 0.416 e. The van der Waals surface area contributed by atoms with Crippen molar-refractivity contribution in [2.24, 2.45) is 7.05 Å². The molecule has 0 saturated carbocycles. The van der Waals surface area contributed by atoms with E-state index >= 15 is 0 Å². The number of aryl methyl sites for hydroxylation is 3. The molecular formula is C28H23F9N8. The van der Waals surface area contributed by atoms with Gasteiger partial charge in [-0.1, -0.05) is 18.1 Å². The van der Waals surface area contributed by atoms with Gasteiger partial charge in [0, 0.05) is 30.4 Å². The number of nitrogens with zero attached hydrogens (tertiary/aromatic N) is 8. The Morgan fingerprint density at radius 3 is 1.98 bits per heavy atom. The molecule has 0 saturated heterocycles. The first-order valence-corrected chi connectivity index (χ1v) is 13.3. The molecule has 0 aliphatic carbocycles. The van der Waals surface area contributed by atoms with Crippen molar-refractivity contribution < 1.29 is 39.5 Å². The summed E-state index contributed by atoms with van der Waals surface area (Å²) in [6, 6.07) is 4.07. The summed E-state index contributed by atoms with van der Waals surface area (Å²) < 4.78 is 125. The van der Waals surface area contributed by atoms with Crippen LogP contribution in [-0.2, 0) is 45.1 Å². The van der Waals surface area contributed by atoms with E-state index in [0.29, 0.717) is 41.0 Å². The Balaban J connectivity index is 1.70. The SMILES string of the molecule is CCc1cnc2c(C)cnn2c1-c1ccc(C(F)(F)F)cc1CN(Cc1cc(C(F)(F)F)cc(C(F)(F)F)c1)c1nnn(C)n1. The van der Waals surface area contributed by atoms with Gasteiger partial charge in [0.15, 0.2) is 5.65 Å². The lowest BCUT2D eigenvalue weighted by Gasteiger charge is -2.25. The van der Waals surface area contributed by atoms with Gasteiger partial charge in [-0.3, -0.25) is 0 Å². The maximum atomic E-state index is 13.9. The Labute approximate surface area is 249 Å². The van der Waals surface area contributed by atoms with Crippen molar-refractivity contribution in [2.75, 3.05) is 4.90 Å². The minimum absolute atomic E-state index is 0.00758. The van der Waals surface area contributed by atoms with Crippen LogP contribution in [0, 0.1) is 6.92 Å². The van der Waals surface area contributed by atoms with Gasteiger partial charge in [0.05, 0.1) is 35.6 Å². The largest absolute Gasteiger partial charge is 0.416 e. The van der Waals surface area contributed by atoms with E-state index < -0.39 is 53.9 Å². The average molecular weight is 643 g/mol. The van der Waals surface area contributed by atoms with Crippen LogP contribution < -0.4 is 4.90 Å². The number of benzene rings is 2. The van der Waals surface area contributed by atoms with Gasteiger partial charge >= 0.3 is 18.5 Å². The van der Waals surface area contributed by atoms with Crippen molar-refractivity contribution in [3.63, 3.8) is 0 Å². The third-order valence-corrected chi connectivity index (χ3v) is 7.01. The topological polar surface area (TPSA) is 77.0 Å². The summed E-state index contributed by atoms with van der Waals surface area (Å²) in [7, 11) is 1.37. The number of hydrogen-bond donors (Lipinski definition) is 0. The highest BCUT2D eigenvalue weighted by molar-refractivity contribution is 5.71. The quantitative estimate of drug-likeness (QED) is 0.177. The van der Waals surface area contributed by atoms with Gasteiger partial charge in [-0.15, -0.1) is 5.10 Å². The van der Waals surface area contributed by atoms with E-state index in [1.54, 1.807) is 13.1 Å². The average Bonchev–Trinajstić information content (AvgIpc) is 3.56. The molecule has 5 rings (SSSR count). The van der Waals surface area contributed by atoms with Gasteiger partial charge in [-0.25, -0.2) is 9.50 Å². The van der Waals surface area contributed by atoms with Crippen molar-refractivity contribution in [2.45, 2.75) is 51.9 Å². The molecule has 5 aromatic rings. The molecular weight excluding hydrogens is 619 g/mol. The van der Waals surface area contributed by atoms with Crippen molar-refractivity contribution in [3.8, 4) is 11.3 Å². The Hall–Kier alpha value is -4.70. The van der Waals surface area contributed by atoms with Crippen LogP contribution in [0.2, 0.25) is 0 Å². The van der Waals surface area contributed by atoms with Crippen LogP contribution in [0.4, 0.5) is 45.5 Å². The van der Waals surface area contributed by atoms with Crippen LogP contribution in [0.1, 0.15) is 45.9 Å². The molecule has 0 bridgehead atoms. The fourth-order valence-corrected chi connectivity index (χ4v) is 4.89. The number of tetrazole rings is 1. The van der Waals surface area contributed by atoms with Gasteiger partial charge < -0.3 is 4.90 Å². The van der Waals surface area contributed by atoms with Crippen LogP contribution in [0.15, 0.2) is 48.8 Å². The van der Waals surface area contributed by atoms with Crippen LogP contribution in [0.5, 0.6) is 0 Å². The van der Waals surface area contributed by atoms with Gasteiger partial charge in [0.25, 0.3) is 5.95 Å². The van der Waals surface area contributed by atoms with Crippen LogP contribution in [0.25, 0.3) is 16.9 Å². The number of anilines is 1. The third-order valence-electron chi connectivity index (χ3n) is 7.01. The molecule has 0 fully saturated rings. The standard InChI is InChI=1S/C28H23F9N8/c1-4-17-12-38-24-15(2)11-39-45(24)23(17)22-6-5-19(26(29,30)31)9-18(22)14-44(25-40-42-43(3)41-25)13-16-7-20(27(32,33)34)10-21(8-16)28(35,36)37/h5-12H,4,13-14H2,1-3H3. The van der Waals surface area contributed by atoms with E-state index in [2.05, 4.69) is 25.5 Å². The molecule has 17 heteroatoms. The fraction of sp³-hybridized carbons (Fsp3) is 0.321. The first-order chi connectivity index (χ1) is 21.0. The zero-order valence-electron chi connectivity index (χ0n) is 23.7. The molecule has 3 aromatic heterocycles. The molecule has 0 radical (unpaired) electrons. The van der Waals surface area contributed by atoms with Gasteiger partial charge in [0.2, 0.25) is 0 Å². The van der Waals surface area contributed by atoms with E-state index in [-0.39, 0.29) is 23.1 Å². The van der Waals surface area contributed by atoms with Gasteiger partial charge in [0.1, 0.15) is 0 Å². The van der Waals surface area contributed by atoms with Gasteiger partial charge in [-0.2, -0.15) is 49.4 Å². The fourth-order valence-electron chi connectivity index (χ4n) is 4.89. The lowest BCUT2D eigenvalue weighted by molar-refractivity contribution is -0.143. The summed E-state index contributed by atoms with van der Waals surface area (Å²) in [5, 5.41) is 15.9. The second-order valence-corrected chi connectivity index (χ2v) is 10.3. The number of hydrogen-bond acceptors (Lipinski definition) is 6. The number of aromatic nitrogens is 7. The molecule has 0 unspecified atom stereocenters. The first kappa shape index (κ1) is 31.7. The van der Waals surface area contributed by atoms with Gasteiger partial charge in [-0.05, 0) is 65.6 Å². The van der Waals surface area contributed by atoms with Crippen LogP contribution >= 0.6 is 0 Å². The molecule has 3 heterocycles. The highest BCUT2D eigenvalue weighted by Gasteiger charge is 2.37. The van der Waals surface area contributed by atoms with E-state index in [4.69, 9.17) is 0 Å². The Morgan fingerprint density at radius 2 is 1.42 bits per heavy atom. The molecule has 0 aliphatic rings. The van der Waals surface area contributed by atoms with E-state index in [9.17, 15) is 39.5 Å². The molecule has 0 spiro atoms. The lowest BCUT2D eigenvalue weighted by Crippen LogP contribution is -2.25. The van der Waals surface area contributed by atoms with Crippen LogP contribution in [-0.4, -0.2) is 34.8 Å². The molecule has 238 valence electrons. The highest BCUT2D eigenvalue weighted by atomic mass is 19.4. The van der Waals surface area contributed by atoms with Crippen LogP contribution in [0.3, 0.4) is 0 Å². The number of alkyl halides is 9. The summed E-state index contributed by atoms with van der Waals surface area (Å²) in [5.74, 6) is -0.239. The molecule has 0 N–H and O–H groups in total.